The third-order valence-electron chi connectivity index (χ3n) is 5.60. The zero-order chi connectivity index (χ0) is 22.5. The smallest absolute Gasteiger partial charge is 0.290 e. The van der Waals surface area contributed by atoms with Crippen LogP contribution in [0.2, 0.25) is 0 Å². The molecule has 2 amide bonds. The molecule has 0 N–H and O–H groups in total. The van der Waals surface area contributed by atoms with Gasteiger partial charge in [-0.2, -0.15) is 0 Å². The van der Waals surface area contributed by atoms with Gasteiger partial charge in [0.25, 0.3) is 5.91 Å². The number of aryl methyl sites for hydroxylation is 1. The Labute approximate surface area is 191 Å². The lowest BCUT2D eigenvalue weighted by atomic mass is 10.0. The first-order valence-electron chi connectivity index (χ1n) is 10.6. The second-order valence-corrected chi connectivity index (χ2v) is 8.68. The van der Waals surface area contributed by atoms with Gasteiger partial charge in [0.15, 0.2) is 5.76 Å². The van der Waals surface area contributed by atoms with Crippen LogP contribution in [0.1, 0.15) is 32.6 Å². The molecule has 3 heterocycles. The first-order valence-corrected chi connectivity index (χ1v) is 11.4. The number of hydrogen-bond donors (Lipinski definition) is 0. The fourth-order valence-corrected chi connectivity index (χ4v) is 4.88. The van der Waals surface area contributed by atoms with E-state index in [1.54, 1.807) is 29.5 Å². The van der Waals surface area contributed by atoms with Gasteiger partial charge in [-0.3, -0.25) is 9.59 Å². The highest BCUT2D eigenvalue weighted by molar-refractivity contribution is 7.10. The van der Waals surface area contributed by atoms with Crippen molar-refractivity contribution in [3.63, 3.8) is 0 Å². The highest BCUT2D eigenvalue weighted by Gasteiger charge is 2.33. The summed E-state index contributed by atoms with van der Waals surface area (Å²) in [4.78, 5) is 30.8. The van der Waals surface area contributed by atoms with E-state index >= 15 is 0 Å². The van der Waals surface area contributed by atoms with Gasteiger partial charge in [0.05, 0.1) is 12.3 Å². The molecule has 0 aliphatic carbocycles. The monoisotopic (exact) mass is 450 g/mol. The molecule has 3 aromatic rings. The summed E-state index contributed by atoms with van der Waals surface area (Å²) >= 11 is 1.71. The number of para-hydroxylation sites is 1. The Bertz CT molecular complexity index is 1090. The van der Waals surface area contributed by atoms with E-state index in [2.05, 4.69) is 18.0 Å². The number of furan rings is 1. The molecular weight excluding hydrogens is 424 g/mol. The Morgan fingerprint density at radius 1 is 1.28 bits per heavy atom. The summed E-state index contributed by atoms with van der Waals surface area (Å²) in [7, 11) is 0. The number of nitrogens with zero attached hydrogens (tertiary/aromatic N) is 2. The molecule has 4 rings (SSSR count). The number of fused-ring (bicyclic) bond motifs is 1. The van der Waals surface area contributed by atoms with Crippen molar-refractivity contribution in [3.05, 3.63) is 88.5 Å². The minimum absolute atomic E-state index is 0.0497. The molecule has 1 atom stereocenters. The van der Waals surface area contributed by atoms with Crippen molar-refractivity contribution in [1.29, 1.82) is 0 Å². The number of carbonyl (C=O) groups is 2. The van der Waals surface area contributed by atoms with Gasteiger partial charge in [-0.25, -0.2) is 0 Å². The number of ether oxygens (including phenoxy) is 1. The molecule has 1 aliphatic rings. The lowest BCUT2D eigenvalue weighted by Crippen LogP contribution is -2.47. The van der Waals surface area contributed by atoms with Crippen molar-refractivity contribution in [1.82, 2.24) is 9.80 Å². The van der Waals surface area contributed by atoms with Crippen LogP contribution in [0.3, 0.4) is 0 Å². The number of rotatable bonds is 8. The van der Waals surface area contributed by atoms with Gasteiger partial charge < -0.3 is 19.0 Å². The summed E-state index contributed by atoms with van der Waals surface area (Å²) in [6, 6.07) is 13.0. The third-order valence-corrected chi connectivity index (χ3v) is 6.60. The summed E-state index contributed by atoms with van der Waals surface area (Å²) in [5.74, 6) is 0.563. The topological polar surface area (TPSA) is 63.0 Å². The van der Waals surface area contributed by atoms with Crippen LogP contribution in [-0.2, 0) is 11.2 Å². The van der Waals surface area contributed by atoms with E-state index in [1.165, 1.54) is 16.0 Å². The van der Waals surface area contributed by atoms with Crippen molar-refractivity contribution in [3.8, 4) is 5.75 Å². The van der Waals surface area contributed by atoms with E-state index in [9.17, 15) is 9.59 Å². The van der Waals surface area contributed by atoms with Crippen molar-refractivity contribution < 1.29 is 18.7 Å². The molecule has 0 spiro atoms. The highest BCUT2D eigenvalue weighted by atomic mass is 32.1. The van der Waals surface area contributed by atoms with E-state index in [4.69, 9.17) is 9.15 Å². The lowest BCUT2D eigenvalue weighted by molar-refractivity contribution is -0.135. The fourth-order valence-electron chi connectivity index (χ4n) is 3.95. The van der Waals surface area contributed by atoms with Crippen LogP contribution < -0.4 is 4.74 Å². The van der Waals surface area contributed by atoms with Gasteiger partial charge in [-0.05, 0) is 54.1 Å². The molecule has 2 aromatic heterocycles. The minimum atomic E-state index is -0.329. The molecule has 0 saturated heterocycles. The number of thiophene rings is 1. The number of benzene rings is 1. The Morgan fingerprint density at radius 2 is 2.12 bits per heavy atom. The van der Waals surface area contributed by atoms with Gasteiger partial charge in [-0.1, -0.05) is 24.3 Å². The van der Waals surface area contributed by atoms with Crippen LogP contribution in [0, 0.1) is 6.92 Å². The molecule has 0 saturated carbocycles. The molecule has 0 fully saturated rings. The third kappa shape index (κ3) is 4.62. The minimum Gasteiger partial charge on any atom is -0.491 e. The average molecular weight is 451 g/mol. The summed E-state index contributed by atoms with van der Waals surface area (Å²) in [5, 5.41) is 2.06. The highest BCUT2D eigenvalue weighted by Crippen LogP contribution is 2.34. The Balaban J connectivity index is 1.53. The maximum Gasteiger partial charge on any atom is 0.290 e. The first kappa shape index (κ1) is 21.9. The molecule has 1 aromatic carbocycles. The summed E-state index contributed by atoms with van der Waals surface area (Å²) < 4.78 is 11.4. The quantitative estimate of drug-likeness (QED) is 0.475. The first-order chi connectivity index (χ1) is 15.6. The van der Waals surface area contributed by atoms with Crippen LogP contribution >= 0.6 is 11.3 Å². The second kappa shape index (κ2) is 9.87. The standard InChI is InChI=1S/C25H26N2O4S/c1-3-12-26(25(29)22-9-6-14-30-22)16-24(28)27-13-10-23-19(11-15-32-23)20(27)17-31-21-8-5-4-7-18(21)2/h3-9,11,14-15,20H,1,10,12-13,16-17H2,2H3. The number of amides is 2. The molecule has 32 heavy (non-hydrogen) atoms. The maximum absolute atomic E-state index is 13.4. The molecular formula is C25H26N2O4S. The van der Waals surface area contributed by atoms with E-state index in [-0.39, 0.29) is 36.7 Å². The van der Waals surface area contributed by atoms with Crippen LogP contribution in [0.4, 0.5) is 0 Å². The summed E-state index contributed by atoms with van der Waals surface area (Å²) in [6.45, 7) is 6.88. The summed E-state index contributed by atoms with van der Waals surface area (Å²) in [5.41, 5.74) is 2.17. The van der Waals surface area contributed by atoms with Crippen molar-refractivity contribution >= 4 is 23.2 Å². The Morgan fingerprint density at radius 3 is 2.88 bits per heavy atom. The molecule has 6 nitrogen and oxygen atoms in total. The van der Waals surface area contributed by atoms with Crippen LogP contribution in [0.25, 0.3) is 0 Å². The van der Waals surface area contributed by atoms with Crippen molar-refractivity contribution in [2.45, 2.75) is 19.4 Å². The largest absolute Gasteiger partial charge is 0.491 e. The Hall–Kier alpha value is -3.32. The zero-order valence-electron chi connectivity index (χ0n) is 18.0. The molecule has 0 bridgehead atoms. The second-order valence-electron chi connectivity index (χ2n) is 7.68. The van der Waals surface area contributed by atoms with Crippen LogP contribution in [0.5, 0.6) is 5.75 Å². The normalized spacial score (nSPS) is 15.2. The van der Waals surface area contributed by atoms with Gasteiger partial charge in [-0.15, -0.1) is 17.9 Å². The number of hydrogen-bond acceptors (Lipinski definition) is 5. The van der Waals surface area contributed by atoms with E-state index in [0.717, 1.165) is 23.3 Å². The Kier molecular flexibility index (Phi) is 6.75. The summed E-state index contributed by atoms with van der Waals surface area (Å²) in [6.07, 6.45) is 3.86. The fraction of sp³-hybridized carbons (Fsp3) is 0.280. The van der Waals surface area contributed by atoms with E-state index < -0.39 is 0 Å². The van der Waals surface area contributed by atoms with Gasteiger partial charge >= 0.3 is 0 Å². The number of carbonyl (C=O) groups excluding carboxylic acids is 2. The van der Waals surface area contributed by atoms with Gasteiger partial charge in [0, 0.05) is 18.0 Å². The molecule has 7 heteroatoms. The SMILES string of the molecule is C=CCN(CC(=O)N1CCc2sccc2C1COc1ccccc1C)C(=O)c1ccco1. The molecule has 0 radical (unpaired) electrons. The molecule has 1 aliphatic heterocycles. The van der Waals surface area contributed by atoms with Crippen molar-refractivity contribution in [2.24, 2.45) is 0 Å². The lowest BCUT2D eigenvalue weighted by Gasteiger charge is -2.37. The predicted molar refractivity (Wildman–Crippen MR) is 124 cm³/mol. The zero-order valence-corrected chi connectivity index (χ0v) is 18.8. The van der Waals surface area contributed by atoms with Gasteiger partial charge in [0.1, 0.15) is 18.9 Å². The maximum atomic E-state index is 13.4. The predicted octanol–water partition coefficient (Wildman–Crippen LogP) is 4.48. The molecule has 1 unspecified atom stereocenters. The van der Waals surface area contributed by atoms with Crippen LogP contribution in [0.15, 0.2) is 71.2 Å². The van der Waals surface area contributed by atoms with Crippen LogP contribution in [-0.4, -0.2) is 47.9 Å². The van der Waals surface area contributed by atoms with E-state index in [1.807, 2.05) is 36.1 Å². The van der Waals surface area contributed by atoms with E-state index in [0.29, 0.717) is 13.2 Å². The van der Waals surface area contributed by atoms with Crippen molar-refractivity contribution in [2.75, 3.05) is 26.2 Å². The molecule has 166 valence electrons. The van der Waals surface area contributed by atoms with Gasteiger partial charge in [0.2, 0.25) is 5.91 Å². The average Bonchev–Trinajstić information content (AvgIpc) is 3.49.